The lowest BCUT2D eigenvalue weighted by atomic mass is 10.1. The molecule has 0 aromatic rings. The van der Waals surface area contributed by atoms with Crippen molar-refractivity contribution in [3.05, 3.63) is 0 Å². The summed E-state index contributed by atoms with van der Waals surface area (Å²) in [5, 5.41) is 11.6. The number of carbonyl (C=O) groups is 2. The van der Waals surface area contributed by atoms with Crippen molar-refractivity contribution in [2.75, 3.05) is 5.75 Å². The van der Waals surface area contributed by atoms with Crippen molar-refractivity contribution in [1.82, 2.24) is 5.32 Å². The van der Waals surface area contributed by atoms with Crippen LogP contribution in [0.2, 0.25) is 0 Å². The number of nitrogens with one attached hydrogen (secondary N) is 1. The number of hydrogen-bond acceptors (Lipinski definition) is 3. The maximum absolute atomic E-state index is 12.1. The predicted molar refractivity (Wildman–Crippen MR) is 75.8 cm³/mol. The van der Waals surface area contributed by atoms with Gasteiger partial charge in [-0.3, -0.25) is 4.79 Å². The van der Waals surface area contributed by atoms with Crippen LogP contribution in [0.4, 0.5) is 0 Å². The summed E-state index contributed by atoms with van der Waals surface area (Å²) in [5.41, 5.74) is 0. The lowest BCUT2D eigenvalue weighted by Crippen LogP contribution is -2.46. The zero-order chi connectivity index (χ0) is 14.1. The monoisotopic (exact) mass is 275 g/mol. The van der Waals surface area contributed by atoms with E-state index >= 15 is 0 Å². The average molecular weight is 275 g/mol. The van der Waals surface area contributed by atoms with E-state index < -0.39 is 12.0 Å². The molecule has 5 heteroatoms. The molecule has 0 saturated carbocycles. The van der Waals surface area contributed by atoms with Crippen LogP contribution in [0, 0.1) is 5.92 Å². The molecule has 2 atom stereocenters. The molecule has 0 spiro atoms. The minimum atomic E-state index is -0.944. The van der Waals surface area contributed by atoms with Crippen molar-refractivity contribution in [3.8, 4) is 0 Å². The number of aliphatic carboxylic acids is 1. The fraction of sp³-hybridized carbons (Fsp3) is 0.846. The molecule has 0 heterocycles. The molecule has 18 heavy (non-hydrogen) atoms. The molecule has 0 saturated heterocycles. The Balaban J connectivity index is 4.50. The molecule has 0 aliphatic carbocycles. The summed E-state index contributed by atoms with van der Waals surface area (Å²) >= 11 is 1.57. The highest BCUT2D eigenvalue weighted by Crippen LogP contribution is 2.19. The maximum Gasteiger partial charge on any atom is 0.326 e. The van der Waals surface area contributed by atoms with Crippen LogP contribution in [0.5, 0.6) is 0 Å². The highest BCUT2D eigenvalue weighted by molar-refractivity contribution is 8.00. The number of thioether (sulfide) groups is 1. The first kappa shape index (κ1) is 17.3. The van der Waals surface area contributed by atoms with E-state index in [0.717, 1.165) is 18.6 Å². The lowest BCUT2D eigenvalue weighted by molar-refractivity contribution is -0.142. The van der Waals surface area contributed by atoms with Crippen LogP contribution in [0.15, 0.2) is 0 Å². The van der Waals surface area contributed by atoms with E-state index in [1.165, 1.54) is 0 Å². The van der Waals surface area contributed by atoms with Gasteiger partial charge in [-0.25, -0.2) is 4.79 Å². The summed E-state index contributed by atoms with van der Waals surface area (Å²) < 4.78 is 0. The Hall–Kier alpha value is -0.710. The van der Waals surface area contributed by atoms with Crippen LogP contribution in [0.25, 0.3) is 0 Å². The summed E-state index contributed by atoms with van der Waals surface area (Å²) in [5.74, 6) is -0.0418. The topological polar surface area (TPSA) is 66.4 Å². The summed E-state index contributed by atoms with van der Waals surface area (Å²) in [6, 6.07) is -0.754. The molecular weight excluding hydrogens is 250 g/mol. The minimum Gasteiger partial charge on any atom is -0.480 e. The smallest absolute Gasteiger partial charge is 0.326 e. The van der Waals surface area contributed by atoms with Crippen LogP contribution in [0.3, 0.4) is 0 Å². The van der Waals surface area contributed by atoms with Crippen LogP contribution in [-0.4, -0.2) is 34.0 Å². The van der Waals surface area contributed by atoms with E-state index in [-0.39, 0.29) is 17.1 Å². The molecule has 4 nitrogen and oxygen atoms in total. The third-order valence-electron chi connectivity index (χ3n) is 2.67. The molecule has 0 rings (SSSR count). The number of hydrogen-bond donors (Lipinski definition) is 2. The summed E-state index contributed by atoms with van der Waals surface area (Å²) in [4.78, 5) is 23.1. The SMILES string of the molecule is CCCCC(NC(=O)C(SCC)C(C)C)C(=O)O. The number of carboxylic acid groups (broad SMARTS) is 1. The first-order valence-electron chi connectivity index (χ1n) is 6.58. The van der Waals surface area contributed by atoms with Gasteiger partial charge in [0, 0.05) is 0 Å². The quantitative estimate of drug-likeness (QED) is 0.678. The number of amides is 1. The van der Waals surface area contributed by atoms with E-state index in [0.29, 0.717) is 6.42 Å². The Labute approximate surface area is 114 Å². The molecule has 0 aromatic carbocycles. The first-order chi connectivity index (χ1) is 8.43. The van der Waals surface area contributed by atoms with Crippen LogP contribution in [-0.2, 0) is 9.59 Å². The highest BCUT2D eigenvalue weighted by atomic mass is 32.2. The van der Waals surface area contributed by atoms with Crippen LogP contribution < -0.4 is 5.32 Å². The standard InChI is InChI=1S/C13H25NO3S/c1-5-7-8-10(13(16)17)14-12(15)11(9(3)4)18-6-2/h9-11H,5-8H2,1-4H3,(H,14,15)(H,16,17). The summed E-state index contributed by atoms with van der Waals surface area (Å²) in [7, 11) is 0. The van der Waals surface area contributed by atoms with Crippen molar-refractivity contribution in [2.24, 2.45) is 5.92 Å². The van der Waals surface area contributed by atoms with Gasteiger partial charge in [0.1, 0.15) is 6.04 Å². The fourth-order valence-electron chi connectivity index (χ4n) is 1.67. The van der Waals surface area contributed by atoms with Gasteiger partial charge in [0.25, 0.3) is 0 Å². The van der Waals surface area contributed by atoms with Gasteiger partial charge in [0.15, 0.2) is 0 Å². The lowest BCUT2D eigenvalue weighted by Gasteiger charge is -2.22. The van der Waals surface area contributed by atoms with E-state index in [2.05, 4.69) is 5.32 Å². The van der Waals surface area contributed by atoms with Gasteiger partial charge in [0.05, 0.1) is 5.25 Å². The Morgan fingerprint density at radius 3 is 2.28 bits per heavy atom. The van der Waals surface area contributed by atoms with Gasteiger partial charge in [-0.05, 0) is 18.1 Å². The Bertz CT molecular complexity index is 269. The Morgan fingerprint density at radius 2 is 1.89 bits per heavy atom. The molecule has 1 amide bonds. The van der Waals surface area contributed by atoms with Crippen molar-refractivity contribution in [2.45, 2.75) is 58.2 Å². The molecule has 2 N–H and O–H groups in total. The Kier molecular flexibility index (Phi) is 8.89. The summed E-state index contributed by atoms with van der Waals surface area (Å²) in [6.45, 7) is 7.97. The second-order valence-corrected chi connectivity index (χ2v) is 6.08. The van der Waals surface area contributed by atoms with Gasteiger partial charge in [-0.2, -0.15) is 0 Å². The molecule has 106 valence electrons. The third kappa shape index (κ3) is 6.28. The maximum atomic E-state index is 12.1. The van der Waals surface area contributed by atoms with Crippen molar-refractivity contribution >= 4 is 23.6 Å². The normalized spacial score (nSPS) is 14.3. The molecular formula is C13H25NO3S. The van der Waals surface area contributed by atoms with Crippen LogP contribution >= 0.6 is 11.8 Å². The van der Waals surface area contributed by atoms with Crippen molar-refractivity contribution in [3.63, 3.8) is 0 Å². The number of rotatable bonds is 9. The second kappa shape index (κ2) is 9.25. The molecule has 0 bridgehead atoms. The minimum absolute atomic E-state index is 0.152. The largest absolute Gasteiger partial charge is 0.480 e. The van der Waals surface area contributed by atoms with Gasteiger partial charge in [0.2, 0.25) is 5.91 Å². The summed E-state index contributed by atoms with van der Waals surface area (Å²) in [6.07, 6.45) is 2.24. The van der Waals surface area contributed by atoms with Gasteiger partial charge in [-0.1, -0.05) is 40.5 Å². The number of carbonyl (C=O) groups excluding carboxylic acids is 1. The van der Waals surface area contributed by atoms with Crippen molar-refractivity contribution in [1.29, 1.82) is 0 Å². The fourth-order valence-corrected chi connectivity index (χ4v) is 2.63. The van der Waals surface area contributed by atoms with E-state index in [1.54, 1.807) is 11.8 Å². The number of carboxylic acids is 1. The van der Waals surface area contributed by atoms with E-state index in [9.17, 15) is 9.59 Å². The zero-order valence-electron chi connectivity index (χ0n) is 11.7. The molecule has 0 aliphatic rings. The number of unbranched alkanes of at least 4 members (excludes halogenated alkanes) is 1. The molecule has 0 fully saturated rings. The third-order valence-corrected chi connectivity index (χ3v) is 4.12. The van der Waals surface area contributed by atoms with Crippen molar-refractivity contribution < 1.29 is 14.7 Å². The van der Waals surface area contributed by atoms with E-state index in [1.807, 2.05) is 27.7 Å². The van der Waals surface area contributed by atoms with Crippen LogP contribution in [0.1, 0.15) is 47.0 Å². The first-order valence-corrected chi connectivity index (χ1v) is 7.63. The molecule has 0 radical (unpaired) electrons. The molecule has 0 aromatic heterocycles. The zero-order valence-corrected chi connectivity index (χ0v) is 12.5. The highest BCUT2D eigenvalue weighted by Gasteiger charge is 2.26. The predicted octanol–water partition coefficient (Wildman–Crippen LogP) is 2.52. The van der Waals surface area contributed by atoms with E-state index in [4.69, 9.17) is 5.11 Å². The van der Waals surface area contributed by atoms with Gasteiger partial charge in [-0.15, -0.1) is 11.8 Å². The van der Waals surface area contributed by atoms with Gasteiger partial charge >= 0.3 is 5.97 Å². The van der Waals surface area contributed by atoms with Gasteiger partial charge < -0.3 is 10.4 Å². The second-order valence-electron chi connectivity index (χ2n) is 4.66. The molecule has 0 aliphatic heterocycles. The Morgan fingerprint density at radius 1 is 1.28 bits per heavy atom. The average Bonchev–Trinajstić information content (AvgIpc) is 2.30. The molecule has 2 unspecified atom stereocenters.